The van der Waals surface area contributed by atoms with Gasteiger partial charge >= 0.3 is 0 Å². The van der Waals surface area contributed by atoms with E-state index in [0.717, 1.165) is 6.61 Å². The van der Waals surface area contributed by atoms with Gasteiger partial charge in [0.15, 0.2) is 9.76 Å². The van der Waals surface area contributed by atoms with Gasteiger partial charge in [-0.3, -0.25) is 0 Å². The third kappa shape index (κ3) is 11.9. The molecular formula is C11H24OSi. The second-order valence-electron chi connectivity index (χ2n) is 4.52. The molecule has 0 fully saturated rings. The largest absolute Gasteiger partial charge is 0.424 e. The highest BCUT2D eigenvalue weighted by atomic mass is 28.2. The first-order valence-corrected chi connectivity index (χ1v) is 6.89. The molecule has 0 aromatic heterocycles. The quantitative estimate of drug-likeness (QED) is 0.364. The number of hydrogen-bond acceptors (Lipinski definition) is 1. The van der Waals surface area contributed by atoms with E-state index in [1.165, 1.54) is 18.9 Å². The summed E-state index contributed by atoms with van der Waals surface area (Å²) < 4.78 is 5.58. The van der Waals surface area contributed by atoms with E-state index in [4.69, 9.17) is 4.43 Å². The van der Waals surface area contributed by atoms with Crippen LogP contribution in [0, 0.1) is 5.41 Å². The molecule has 0 saturated carbocycles. The maximum absolute atomic E-state index is 5.58. The molecule has 0 spiro atoms. The molecule has 0 atom stereocenters. The first kappa shape index (κ1) is 12.9. The zero-order valence-corrected chi connectivity index (χ0v) is 11.0. The van der Waals surface area contributed by atoms with Crippen molar-refractivity contribution in [3.63, 3.8) is 0 Å². The molecule has 78 valence electrons. The van der Waals surface area contributed by atoms with Gasteiger partial charge in [0.1, 0.15) is 0 Å². The van der Waals surface area contributed by atoms with Gasteiger partial charge in [0, 0.05) is 6.61 Å². The average molecular weight is 200 g/mol. The van der Waals surface area contributed by atoms with Gasteiger partial charge in [-0.15, -0.1) is 0 Å². The Bertz CT molecular complexity index is 136. The fourth-order valence-corrected chi connectivity index (χ4v) is 1.81. The second-order valence-corrected chi connectivity index (χ2v) is 5.92. The highest BCUT2D eigenvalue weighted by Crippen LogP contribution is 2.14. The van der Waals surface area contributed by atoms with E-state index >= 15 is 0 Å². The maximum Gasteiger partial charge on any atom is 0.165 e. The number of hydrogen-bond donors (Lipinski definition) is 0. The standard InChI is InChI=1S/C11H24OSi/c1-5-6-9-12-13-10-7-8-11(2,3)4/h7-8H,5-6,9-10,13H2,1-4H3. The van der Waals surface area contributed by atoms with Gasteiger partial charge < -0.3 is 4.43 Å². The molecule has 0 aliphatic carbocycles. The van der Waals surface area contributed by atoms with E-state index in [2.05, 4.69) is 39.8 Å². The van der Waals surface area contributed by atoms with Crippen molar-refractivity contribution >= 4 is 9.76 Å². The van der Waals surface area contributed by atoms with Crippen LogP contribution in [0.15, 0.2) is 12.2 Å². The lowest BCUT2D eigenvalue weighted by Crippen LogP contribution is -2.01. The lowest BCUT2D eigenvalue weighted by molar-refractivity contribution is 0.327. The normalized spacial score (nSPS) is 13.5. The average Bonchev–Trinajstić information content (AvgIpc) is 2.01. The summed E-state index contributed by atoms with van der Waals surface area (Å²) >= 11 is 0. The summed E-state index contributed by atoms with van der Waals surface area (Å²) in [5, 5.41) is 0. The molecule has 0 radical (unpaired) electrons. The highest BCUT2D eigenvalue weighted by Gasteiger charge is 2.02. The van der Waals surface area contributed by atoms with Gasteiger partial charge in [-0.2, -0.15) is 0 Å². The van der Waals surface area contributed by atoms with Crippen LogP contribution in [-0.4, -0.2) is 16.4 Å². The van der Waals surface area contributed by atoms with Crippen molar-refractivity contribution in [1.82, 2.24) is 0 Å². The van der Waals surface area contributed by atoms with E-state index in [1.54, 1.807) is 0 Å². The third-order valence-corrected chi connectivity index (χ3v) is 2.84. The van der Waals surface area contributed by atoms with E-state index in [0.29, 0.717) is 5.41 Å². The number of unbranched alkanes of at least 4 members (excludes halogenated alkanes) is 1. The molecule has 0 aliphatic rings. The molecule has 0 bridgehead atoms. The molecule has 0 amide bonds. The minimum atomic E-state index is -0.265. The van der Waals surface area contributed by atoms with Crippen molar-refractivity contribution < 1.29 is 4.43 Å². The summed E-state index contributed by atoms with van der Waals surface area (Å²) in [6, 6.07) is 1.18. The van der Waals surface area contributed by atoms with Crippen LogP contribution in [0.1, 0.15) is 40.5 Å². The lowest BCUT2D eigenvalue weighted by Gasteiger charge is -2.10. The molecule has 0 saturated heterocycles. The summed E-state index contributed by atoms with van der Waals surface area (Å²) in [7, 11) is -0.265. The van der Waals surface area contributed by atoms with Gasteiger partial charge in [0.05, 0.1) is 0 Å². The van der Waals surface area contributed by atoms with E-state index in [1.807, 2.05) is 0 Å². The van der Waals surface area contributed by atoms with Crippen LogP contribution >= 0.6 is 0 Å². The van der Waals surface area contributed by atoms with Gasteiger partial charge in [-0.1, -0.05) is 46.3 Å². The summed E-state index contributed by atoms with van der Waals surface area (Å²) in [6.07, 6.45) is 7.02. The fourth-order valence-electron chi connectivity index (χ4n) is 0.937. The second kappa shape index (κ2) is 7.33. The van der Waals surface area contributed by atoms with Crippen molar-refractivity contribution in [2.75, 3.05) is 6.61 Å². The smallest absolute Gasteiger partial charge is 0.165 e. The van der Waals surface area contributed by atoms with Gasteiger partial charge in [0.2, 0.25) is 0 Å². The van der Waals surface area contributed by atoms with Crippen LogP contribution < -0.4 is 0 Å². The molecule has 0 aromatic carbocycles. The Hall–Kier alpha value is -0.0831. The molecule has 2 heteroatoms. The molecular weight excluding hydrogens is 176 g/mol. The predicted molar refractivity (Wildman–Crippen MR) is 62.8 cm³/mol. The van der Waals surface area contributed by atoms with E-state index in [9.17, 15) is 0 Å². The highest BCUT2D eigenvalue weighted by molar-refractivity contribution is 6.27. The van der Waals surface area contributed by atoms with Crippen molar-refractivity contribution in [2.45, 2.75) is 46.6 Å². The Morgan fingerprint density at radius 2 is 2.00 bits per heavy atom. The fraction of sp³-hybridized carbons (Fsp3) is 0.818. The predicted octanol–water partition coefficient (Wildman–Crippen LogP) is 2.91. The van der Waals surface area contributed by atoms with E-state index in [-0.39, 0.29) is 9.76 Å². The molecule has 1 nitrogen and oxygen atoms in total. The topological polar surface area (TPSA) is 9.23 Å². The SMILES string of the molecule is CCCCO[SiH2]CC=CC(C)(C)C. The monoisotopic (exact) mass is 200 g/mol. The van der Waals surface area contributed by atoms with Crippen molar-refractivity contribution in [3.8, 4) is 0 Å². The lowest BCUT2D eigenvalue weighted by atomic mass is 9.97. The summed E-state index contributed by atoms with van der Waals surface area (Å²) in [5.41, 5.74) is 0.331. The summed E-state index contributed by atoms with van der Waals surface area (Å²) in [5.74, 6) is 0. The summed E-state index contributed by atoms with van der Waals surface area (Å²) in [4.78, 5) is 0. The molecule has 0 N–H and O–H groups in total. The Morgan fingerprint density at radius 1 is 1.31 bits per heavy atom. The van der Waals surface area contributed by atoms with Crippen LogP contribution in [0.3, 0.4) is 0 Å². The van der Waals surface area contributed by atoms with Crippen LogP contribution in [0.25, 0.3) is 0 Å². The van der Waals surface area contributed by atoms with Crippen LogP contribution in [-0.2, 0) is 4.43 Å². The summed E-state index contributed by atoms with van der Waals surface area (Å²) in [6.45, 7) is 9.85. The molecule has 0 aromatic rings. The minimum Gasteiger partial charge on any atom is -0.424 e. The van der Waals surface area contributed by atoms with Gasteiger partial charge in [-0.05, 0) is 17.9 Å². The molecule has 0 rings (SSSR count). The number of allylic oxidation sites excluding steroid dienone is 2. The van der Waals surface area contributed by atoms with Gasteiger partial charge in [-0.25, -0.2) is 0 Å². The Labute approximate surface area is 85.5 Å². The maximum atomic E-state index is 5.58. The minimum absolute atomic E-state index is 0.265. The first-order valence-electron chi connectivity index (χ1n) is 5.31. The van der Waals surface area contributed by atoms with Crippen molar-refractivity contribution in [3.05, 3.63) is 12.2 Å². The van der Waals surface area contributed by atoms with E-state index < -0.39 is 0 Å². The van der Waals surface area contributed by atoms with Crippen LogP contribution in [0.2, 0.25) is 6.04 Å². The van der Waals surface area contributed by atoms with Crippen molar-refractivity contribution in [1.29, 1.82) is 0 Å². The first-order chi connectivity index (χ1) is 6.06. The molecule has 13 heavy (non-hydrogen) atoms. The number of rotatable bonds is 6. The third-order valence-electron chi connectivity index (χ3n) is 1.69. The molecule has 0 heterocycles. The molecule has 0 aliphatic heterocycles. The zero-order chi connectivity index (χ0) is 10.2. The Balaban J connectivity index is 3.21. The van der Waals surface area contributed by atoms with Gasteiger partial charge in [0.25, 0.3) is 0 Å². The Morgan fingerprint density at radius 3 is 2.54 bits per heavy atom. The zero-order valence-electron chi connectivity index (χ0n) is 9.60. The Kier molecular flexibility index (Phi) is 7.29. The van der Waals surface area contributed by atoms with Crippen molar-refractivity contribution in [2.24, 2.45) is 5.41 Å². The molecule has 0 unspecified atom stereocenters. The van der Waals surface area contributed by atoms with Crippen LogP contribution in [0.5, 0.6) is 0 Å². The van der Waals surface area contributed by atoms with Crippen LogP contribution in [0.4, 0.5) is 0 Å².